The topological polar surface area (TPSA) is 134 Å². The normalized spacial score (nSPS) is 14.9. The molecule has 1 aromatic heterocycles. The molecule has 11 nitrogen and oxygen atoms in total. The number of rotatable bonds is 9. The van der Waals surface area contributed by atoms with Gasteiger partial charge in [-0.15, -0.1) is 0 Å². The predicted molar refractivity (Wildman–Crippen MR) is 152 cm³/mol. The van der Waals surface area contributed by atoms with Crippen molar-refractivity contribution >= 4 is 33.5 Å². The number of carbonyl (C=O) groups is 2. The number of aromatic nitrogens is 2. The van der Waals surface area contributed by atoms with Gasteiger partial charge in [-0.1, -0.05) is 18.2 Å². The van der Waals surface area contributed by atoms with Crippen LogP contribution >= 0.6 is 0 Å². The Morgan fingerprint density at radius 1 is 0.900 bits per heavy atom. The van der Waals surface area contributed by atoms with Crippen LogP contribution < -0.4 is 19.8 Å². The first-order chi connectivity index (χ1) is 19.0. The van der Waals surface area contributed by atoms with E-state index in [0.29, 0.717) is 11.5 Å². The standard InChI is InChI=1S/C28H34N6O5S/c1-28(2,3)39-26(36)24(32-40(37,38)23-8-5-4-6-9-23)20-31-25(35)21-10-12-22(13-11-21)33-16-18-34(19-17-33)27-29-14-7-15-30-27/h4-15,24,32H,16-20H2,1-3H3,(H,31,35)/t24-/m0/s1. The number of piperazine rings is 1. The monoisotopic (exact) mass is 566 g/mol. The van der Waals surface area contributed by atoms with Gasteiger partial charge >= 0.3 is 5.97 Å². The third-order valence-electron chi connectivity index (χ3n) is 6.12. The van der Waals surface area contributed by atoms with Crippen molar-refractivity contribution in [2.24, 2.45) is 0 Å². The molecule has 0 bridgehead atoms. The lowest BCUT2D eigenvalue weighted by atomic mass is 10.1. The van der Waals surface area contributed by atoms with Crippen molar-refractivity contribution in [3.63, 3.8) is 0 Å². The zero-order valence-electron chi connectivity index (χ0n) is 22.8. The minimum absolute atomic E-state index is 0.00241. The van der Waals surface area contributed by atoms with E-state index in [2.05, 4.69) is 29.8 Å². The molecule has 2 heterocycles. The van der Waals surface area contributed by atoms with Crippen molar-refractivity contribution < 1.29 is 22.7 Å². The Kier molecular flexibility index (Phi) is 9.00. The summed E-state index contributed by atoms with van der Waals surface area (Å²) in [5.41, 5.74) is 0.522. The number of sulfonamides is 1. The molecule has 2 aromatic carbocycles. The number of esters is 1. The van der Waals surface area contributed by atoms with E-state index in [0.717, 1.165) is 31.9 Å². The Morgan fingerprint density at radius 3 is 2.10 bits per heavy atom. The van der Waals surface area contributed by atoms with Gasteiger partial charge in [-0.2, -0.15) is 4.72 Å². The molecular formula is C28H34N6O5S. The Hall–Kier alpha value is -4.03. The number of carbonyl (C=O) groups excluding carboxylic acids is 2. The first-order valence-electron chi connectivity index (χ1n) is 13.0. The van der Waals surface area contributed by atoms with E-state index in [4.69, 9.17) is 4.74 Å². The second-order valence-electron chi connectivity index (χ2n) is 10.3. The largest absolute Gasteiger partial charge is 0.459 e. The maximum absolute atomic E-state index is 12.9. The van der Waals surface area contributed by atoms with Crippen LogP contribution in [0.5, 0.6) is 0 Å². The van der Waals surface area contributed by atoms with Crippen molar-refractivity contribution in [1.29, 1.82) is 0 Å². The molecule has 0 spiro atoms. The lowest BCUT2D eigenvalue weighted by Gasteiger charge is -2.36. The van der Waals surface area contributed by atoms with Crippen LogP contribution in [0.15, 0.2) is 78.0 Å². The SMILES string of the molecule is CC(C)(C)OC(=O)[C@H](CNC(=O)c1ccc(N2CCN(c3ncccn3)CC2)cc1)NS(=O)(=O)c1ccccc1. The number of nitrogens with zero attached hydrogens (tertiary/aromatic N) is 4. The Morgan fingerprint density at radius 2 is 1.50 bits per heavy atom. The summed E-state index contributed by atoms with van der Waals surface area (Å²) in [5.74, 6) is -0.516. The summed E-state index contributed by atoms with van der Waals surface area (Å²) in [6.45, 7) is 7.88. The fourth-order valence-electron chi connectivity index (χ4n) is 4.14. The molecule has 1 aliphatic rings. The highest BCUT2D eigenvalue weighted by Crippen LogP contribution is 2.19. The van der Waals surface area contributed by atoms with Gasteiger partial charge in [0.1, 0.15) is 11.6 Å². The average Bonchev–Trinajstić information content (AvgIpc) is 2.95. The molecule has 2 N–H and O–H groups in total. The van der Waals surface area contributed by atoms with Crippen LogP contribution in [-0.4, -0.2) is 74.6 Å². The zero-order chi connectivity index (χ0) is 28.8. The van der Waals surface area contributed by atoms with Crippen LogP contribution in [0.1, 0.15) is 31.1 Å². The highest BCUT2D eigenvalue weighted by atomic mass is 32.2. The Bertz CT molecular complexity index is 1390. The van der Waals surface area contributed by atoms with E-state index >= 15 is 0 Å². The number of anilines is 2. The van der Waals surface area contributed by atoms with Crippen molar-refractivity contribution in [2.45, 2.75) is 37.3 Å². The van der Waals surface area contributed by atoms with Gasteiger partial charge in [0.25, 0.3) is 5.91 Å². The predicted octanol–water partition coefficient (Wildman–Crippen LogP) is 2.22. The van der Waals surface area contributed by atoms with Gasteiger partial charge in [-0.25, -0.2) is 18.4 Å². The molecule has 0 aliphatic carbocycles. The highest BCUT2D eigenvalue weighted by molar-refractivity contribution is 7.89. The zero-order valence-corrected chi connectivity index (χ0v) is 23.6. The number of hydrogen-bond donors (Lipinski definition) is 2. The van der Waals surface area contributed by atoms with Crippen molar-refractivity contribution in [3.8, 4) is 0 Å². The maximum Gasteiger partial charge on any atom is 0.326 e. The smallest absolute Gasteiger partial charge is 0.326 e. The average molecular weight is 567 g/mol. The Balaban J connectivity index is 1.37. The Labute approximate surface area is 234 Å². The fraction of sp³-hybridized carbons (Fsp3) is 0.357. The van der Waals surface area contributed by atoms with Crippen LogP contribution in [-0.2, 0) is 19.6 Å². The molecule has 0 radical (unpaired) electrons. The number of hydrogen-bond acceptors (Lipinski definition) is 9. The molecule has 212 valence electrons. The minimum atomic E-state index is -4.03. The summed E-state index contributed by atoms with van der Waals surface area (Å²) in [7, 11) is -4.03. The van der Waals surface area contributed by atoms with Crippen LogP contribution in [0.4, 0.5) is 11.6 Å². The molecule has 0 unspecified atom stereocenters. The van der Waals surface area contributed by atoms with Gasteiger partial charge < -0.3 is 19.9 Å². The molecule has 12 heteroatoms. The van der Waals surface area contributed by atoms with Crippen LogP contribution in [0.25, 0.3) is 0 Å². The lowest BCUT2D eigenvalue weighted by Crippen LogP contribution is -2.50. The summed E-state index contributed by atoms with van der Waals surface area (Å²) in [5, 5.41) is 2.66. The van der Waals surface area contributed by atoms with Crippen molar-refractivity contribution in [2.75, 3.05) is 42.5 Å². The van der Waals surface area contributed by atoms with Gasteiger partial charge in [-0.3, -0.25) is 9.59 Å². The summed E-state index contributed by atoms with van der Waals surface area (Å²) < 4.78 is 33.5. The van der Waals surface area contributed by atoms with Crippen LogP contribution in [0.3, 0.4) is 0 Å². The van der Waals surface area contributed by atoms with Crippen molar-refractivity contribution in [3.05, 3.63) is 78.6 Å². The third kappa shape index (κ3) is 7.76. The molecule has 1 saturated heterocycles. The summed E-state index contributed by atoms with van der Waals surface area (Å²) in [6, 6.07) is 15.3. The quantitative estimate of drug-likeness (QED) is 0.374. The lowest BCUT2D eigenvalue weighted by molar-refractivity contribution is -0.156. The number of benzene rings is 2. The molecule has 1 fully saturated rings. The van der Waals surface area contributed by atoms with Gasteiger partial charge in [0.15, 0.2) is 0 Å². The first kappa shape index (κ1) is 29.0. The summed E-state index contributed by atoms with van der Waals surface area (Å²) in [4.78, 5) is 38.7. The van der Waals surface area contributed by atoms with Crippen LogP contribution in [0, 0.1) is 0 Å². The maximum atomic E-state index is 12.9. The van der Waals surface area contributed by atoms with Crippen molar-refractivity contribution in [1.82, 2.24) is 20.0 Å². The van der Waals surface area contributed by atoms with Gasteiger partial charge in [0.2, 0.25) is 16.0 Å². The summed E-state index contributed by atoms with van der Waals surface area (Å²) >= 11 is 0. The molecule has 0 saturated carbocycles. The van der Waals surface area contributed by atoms with Gasteiger partial charge in [-0.05, 0) is 63.2 Å². The third-order valence-corrected chi connectivity index (χ3v) is 7.61. The van der Waals surface area contributed by atoms with E-state index in [-0.39, 0.29) is 11.4 Å². The van der Waals surface area contributed by atoms with E-state index < -0.39 is 33.5 Å². The second kappa shape index (κ2) is 12.4. The highest BCUT2D eigenvalue weighted by Gasteiger charge is 2.30. The molecule has 4 rings (SSSR count). The van der Waals surface area contributed by atoms with E-state index in [9.17, 15) is 18.0 Å². The molecule has 40 heavy (non-hydrogen) atoms. The van der Waals surface area contributed by atoms with Gasteiger partial charge in [0.05, 0.1) is 4.90 Å². The fourth-order valence-corrected chi connectivity index (χ4v) is 5.35. The minimum Gasteiger partial charge on any atom is -0.459 e. The second-order valence-corrected chi connectivity index (χ2v) is 12.0. The van der Waals surface area contributed by atoms with E-state index in [1.54, 1.807) is 69.6 Å². The summed E-state index contributed by atoms with van der Waals surface area (Å²) in [6.07, 6.45) is 3.46. The van der Waals surface area contributed by atoms with E-state index in [1.807, 2.05) is 12.1 Å². The van der Waals surface area contributed by atoms with E-state index in [1.165, 1.54) is 12.1 Å². The molecule has 1 amide bonds. The molecule has 1 atom stereocenters. The number of amides is 1. The molecular weight excluding hydrogens is 532 g/mol. The number of nitrogens with one attached hydrogen (secondary N) is 2. The van der Waals surface area contributed by atoms with Gasteiger partial charge in [0, 0.05) is 56.4 Å². The molecule has 3 aromatic rings. The number of ether oxygens (including phenoxy) is 1. The van der Waals surface area contributed by atoms with Crippen LogP contribution in [0.2, 0.25) is 0 Å². The first-order valence-corrected chi connectivity index (χ1v) is 14.5. The molecule has 1 aliphatic heterocycles.